The molecule has 1 aromatic rings. The van der Waals surface area contributed by atoms with Crippen molar-refractivity contribution in [3.63, 3.8) is 0 Å². The summed E-state index contributed by atoms with van der Waals surface area (Å²) in [7, 11) is 0. The summed E-state index contributed by atoms with van der Waals surface area (Å²) in [6.07, 6.45) is 2.51. The highest BCUT2D eigenvalue weighted by Crippen LogP contribution is 2.22. The molecule has 1 N–H and O–H groups in total. The summed E-state index contributed by atoms with van der Waals surface area (Å²) in [4.78, 5) is 0. The Kier molecular flexibility index (Phi) is 3.27. The van der Waals surface area contributed by atoms with Gasteiger partial charge >= 0.3 is 0 Å². The van der Waals surface area contributed by atoms with Crippen molar-refractivity contribution in [1.29, 1.82) is 0 Å². The number of anilines is 1. The van der Waals surface area contributed by atoms with Gasteiger partial charge in [0.25, 0.3) is 0 Å². The number of nitrogens with one attached hydrogen (secondary N) is 1. The van der Waals surface area contributed by atoms with Gasteiger partial charge in [0.1, 0.15) is 0 Å². The van der Waals surface area contributed by atoms with E-state index < -0.39 is 0 Å². The largest absolute Gasteiger partial charge is 0.379 e. The second-order valence-electron chi connectivity index (χ2n) is 4.13. The minimum Gasteiger partial charge on any atom is -0.379 e. The van der Waals surface area contributed by atoms with Crippen molar-refractivity contribution in [2.45, 2.75) is 38.8 Å². The molecule has 15 heavy (non-hydrogen) atoms. The Hall–Kier alpha value is -1.02. The van der Waals surface area contributed by atoms with E-state index in [9.17, 15) is 0 Å². The van der Waals surface area contributed by atoms with Gasteiger partial charge in [-0.05, 0) is 31.4 Å². The number of hydrogen-bond donors (Lipinski definition) is 1. The Bertz CT molecular complexity index is 324. The molecule has 2 rings (SSSR count). The van der Waals surface area contributed by atoms with E-state index in [1.807, 2.05) is 0 Å². The van der Waals surface area contributed by atoms with Crippen molar-refractivity contribution in [2.24, 2.45) is 0 Å². The molecule has 0 bridgehead atoms. The molecule has 0 aliphatic carbocycles. The topological polar surface area (TPSA) is 21.3 Å². The molecule has 1 aromatic carbocycles. The molecule has 1 aliphatic rings. The molecule has 1 saturated heterocycles. The summed E-state index contributed by atoms with van der Waals surface area (Å²) in [5, 5.41) is 3.59. The first-order valence-electron chi connectivity index (χ1n) is 5.77. The molecule has 0 spiro atoms. The second kappa shape index (κ2) is 4.67. The third-order valence-electron chi connectivity index (χ3n) is 3.12. The minimum atomic E-state index is 0.329. The highest BCUT2D eigenvalue weighted by Gasteiger charge is 2.24. The standard InChI is InChI=1S/C13H19NO/c1-3-11-6-4-5-7-13(11)14-12-8-9-15-10(12)2/h4-7,10,12,14H,3,8-9H2,1-2H3/t10-,12-/m0/s1. The van der Waals surface area contributed by atoms with Gasteiger partial charge in [0.15, 0.2) is 0 Å². The molecule has 1 aliphatic heterocycles. The minimum absolute atomic E-state index is 0.329. The maximum atomic E-state index is 5.55. The van der Waals surface area contributed by atoms with Crippen LogP contribution in [0.2, 0.25) is 0 Å². The Morgan fingerprint density at radius 1 is 1.40 bits per heavy atom. The van der Waals surface area contributed by atoms with Crippen LogP contribution < -0.4 is 5.32 Å². The van der Waals surface area contributed by atoms with Crippen LogP contribution in [0.15, 0.2) is 24.3 Å². The number of benzene rings is 1. The van der Waals surface area contributed by atoms with Gasteiger partial charge in [-0.25, -0.2) is 0 Å². The molecule has 0 saturated carbocycles. The van der Waals surface area contributed by atoms with Crippen molar-refractivity contribution in [2.75, 3.05) is 11.9 Å². The van der Waals surface area contributed by atoms with E-state index in [0.717, 1.165) is 19.4 Å². The molecular weight excluding hydrogens is 186 g/mol. The molecule has 0 amide bonds. The van der Waals surface area contributed by atoms with E-state index >= 15 is 0 Å². The van der Waals surface area contributed by atoms with Gasteiger partial charge < -0.3 is 10.1 Å². The lowest BCUT2D eigenvalue weighted by Crippen LogP contribution is -2.27. The molecule has 1 heterocycles. The van der Waals surface area contributed by atoms with Crippen LogP contribution in [0.25, 0.3) is 0 Å². The summed E-state index contributed by atoms with van der Waals surface area (Å²) >= 11 is 0. The zero-order valence-electron chi connectivity index (χ0n) is 9.49. The Labute approximate surface area is 91.6 Å². The molecule has 0 radical (unpaired) electrons. The Morgan fingerprint density at radius 2 is 2.20 bits per heavy atom. The average molecular weight is 205 g/mol. The first-order chi connectivity index (χ1) is 7.31. The summed E-state index contributed by atoms with van der Waals surface area (Å²) < 4.78 is 5.55. The fourth-order valence-electron chi connectivity index (χ4n) is 2.09. The highest BCUT2D eigenvalue weighted by molar-refractivity contribution is 5.52. The Morgan fingerprint density at radius 3 is 2.87 bits per heavy atom. The first-order valence-corrected chi connectivity index (χ1v) is 5.77. The summed E-state index contributed by atoms with van der Waals surface area (Å²) in [5.41, 5.74) is 2.65. The number of para-hydroxylation sites is 1. The zero-order chi connectivity index (χ0) is 10.7. The van der Waals surface area contributed by atoms with Crippen molar-refractivity contribution in [3.8, 4) is 0 Å². The molecule has 1 fully saturated rings. The fraction of sp³-hybridized carbons (Fsp3) is 0.538. The van der Waals surface area contributed by atoms with E-state index in [4.69, 9.17) is 4.74 Å². The van der Waals surface area contributed by atoms with Gasteiger partial charge in [0.05, 0.1) is 12.1 Å². The van der Waals surface area contributed by atoms with Crippen molar-refractivity contribution < 1.29 is 4.74 Å². The second-order valence-corrected chi connectivity index (χ2v) is 4.13. The molecule has 82 valence electrons. The predicted octanol–water partition coefficient (Wildman–Crippen LogP) is 2.84. The molecular formula is C13H19NO. The van der Waals surface area contributed by atoms with E-state index in [-0.39, 0.29) is 0 Å². The van der Waals surface area contributed by atoms with Gasteiger partial charge in [-0.2, -0.15) is 0 Å². The molecule has 0 aromatic heterocycles. The first kappa shape index (κ1) is 10.5. The maximum Gasteiger partial charge on any atom is 0.0748 e. The van der Waals surface area contributed by atoms with Crippen molar-refractivity contribution in [3.05, 3.63) is 29.8 Å². The zero-order valence-corrected chi connectivity index (χ0v) is 9.49. The van der Waals surface area contributed by atoms with Gasteiger partial charge in [-0.15, -0.1) is 0 Å². The van der Waals surface area contributed by atoms with E-state index in [0.29, 0.717) is 12.1 Å². The highest BCUT2D eigenvalue weighted by atomic mass is 16.5. The normalized spacial score (nSPS) is 25.5. The van der Waals surface area contributed by atoms with Crippen LogP contribution in [0.4, 0.5) is 5.69 Å². The third-order valence-corrected chi connectivity index (χ3v) is 3.12. The maximum absolute atomic E-state index is 5.55. The molecule has 2 nitrogen and oxygen atoms in total. The summed E-state index contributed by atoms with van der Waals surface area (Å²) in [5.74, 6) is 0. The van der Waals surface area contributed by atoms with Crippen LogP contribution in [0.1, 0.15) is 25.8 Å². The van der Waals surface area contributed by atoms with Crippen LogP contribution in [0, 0.1) is 0 Å². The van der Waals surface area contributed by atoms with E-state index in [1.54, 1.807) is 0 Å². The van der Waals surface area contributed by atoms with E-state index in [2.05, 4.69) is 43.4 Å². The van der Waals surface area contributed by atoms with E-state index in [1.165, 1.54) is 11.3 Å². The summed E-state index contributed by atoms with van der Waals surface area (Å²) in [6.45, 7) is 5.21. The third kappa shape index (κ3) is 2.32. The van der Waals surface area contributed by atoms with Crippen molar-refractivity contribution >= 4 is 5.69 Å². The van der Waals surface area contributed by atoms with Crippen LogP contribution >= 0.6 is 0 Å². The SMILES string of the molecule is CCc1ccccc1N[C@H]1CCO[C@H]1C. The van der Waals surface area contributed by atoms with Gasteiger partial charge in [-0.3, -0.25) is 0 Å². The van der Waals surface area contributed by atoms with Crippen LogP contribution in [0.3, 0.4) is 0 Å². The van der Waals surface area contributed by atoms with Crippen molar-refractivity contribution in [1.82, 2.24) is 0 Å². The average Bonchev–Trinajstić information content (AvgIpc) is 2.65. The molecule has 2 atom stereocenters. The number of aryl methyl sites for hydroxylation is 1. The summed E-state index contributed by atoms with van der Waals surface area (Å²) in [6, 6.07) is 8.99. The van der Waals surface area contributed by atoms with Crippen LogP contribution in [-0.2, 0) is 11.2 Å². The lowest BCUT2D eigenvalue weighted by molar-refractivity contribution is 0.121. The van der Waals surface area contributed by atoms with Crippen LogP contribution in [0.5, 0.6) is 0 Å². The lowest BCUT2D eigenvalue weighted by atomic mass is 10.1. The monoisotopic (exact) mass is 205 g/mol. The fourth-order valence-corrected chi connectivity index (χ4v) is 2.09. The Balaban J connectivity index is 2.09. The van der Waals surface area contributed by atoms with Gasteiger partial charge in [0.2, 0.25) is 0 Å². The number of ether oxygens (including phenoxy) is 1. The number of rotatable bonds is 3. The quantitative estimate of drug-likeness (QED) is 0.819. The lowest BCUT2D eigenvalue weighted by Gasteiger charge is -2.19. The molecule has 2 heteroatoms. The predicted molar refractivity (Wildman–Crippen MR) is 63.3 cm³/mol. The molecule has 0 unspecified atom stereocenters. The van der Waals surface area contributed by atoms with Crippen LogP contribution in [-0.4, -0.2) is 18.8 Å². The van der Waals surface area contributed by atoms with Gasteiger partial charge in [-0.1, -0.05) is 25.1 Å². The smallest absolute Gasteiger partial charge is 0.0748 e. The van der Waals surface area contributed by atoms with Gasteiger partial charge in [0, 0.05) is 12.3 Å². The number of hydrogen-bond acceptors (Lipinski definition) is 2.